The van der Waals surface area contributed by atoms with Gasteiger partial charge in [-0.2, -0.15) is 0 Å². The zero-order valence-corrected chi connectivity index (χ0v) is 10.3. The lowest BCUT2D eigenvalue weighted by molar-refractivity contribution is 0.432. The number of benzene rings is 2. The fourth-order valence-electron chi connectivity index (χ4n) is 1.34. The van der Waals surface area contributed by atoms with E-state index in [0.717, 1.165) is 0 Å². The van der Waals surface area contributed by atoms with Crippen molar-refractivity contribution in [3.63, 3.8) is 0 Å². The van der Waals surface area contributed by atoms with Gasteiger partial charge in [0.05, 0.1) is 0 Å². The maximum Gasteiger partial charge on any atom is 0.560 e. The van der Waals surface area contributed by atoms with Crippen LogP contribution in [-0.4, -0.2) is 12.1 Å². The molecule has 0 aromatic heterocycles. The highest BCUT2D eigenvalue weighted by Gasteiger charge is 2.18. The summed E-state index contributed by atoms with van der Waals surface area (Å²) < 4.78 is 5.35. The van der Waals surface area contributed by atoms with Crippen LogP contribution in [0, 0.1) is 0 Å². The van der Waals surface area contributed by atoms with Crippen molar-refractivity contribution in [3.8, 4) is 5.75 Å². The van der Waals surface area contributed by atoms with Gasteiger partial charge in [0.25, 0.3) is 0 Å². The van der Waals surface area contributed by atoms with Gasteiger partial charge in [-0.1, -0.05) is 35.3 Å². The average Bonchev–Trinajstić information content (AvgIpc) is 2.33. The van der Waals surface area contributed by atoms with Crippen molar-refractivity contribution in [1.82, 2.24) is 0 Å². The SMILES string of the molecule is OB(Oc1ccc(Cl)cc1)c1ccc(Cl)cc1. The van der Waals surface area contributed by atoms with Crippen LogP contribution < -0.4 is 10.1 Å². The van der Waals surface area contributed by atoms with Crippen LogP contribution in [-0.2, 0) is 0 Å². The third-order valence-electron chi connectivity index (χ3n) is 2.22. The Morgan fingerprint density at radius 3 is 1.82 bits per heavy atom. The first-order chi connectivity index (χ1) is 8.15. The van der Waals surface area contributed by atoms with E-state index in [1.807, 2.05) is 0 Å². The van der Waals surface area contributed by atoms with Gasteiger partial charge in [0, 0.05) is 10.0 Å². The van der Waals surface area contributed by atoms with Gasteiger partial charge < -0.3 is 9.68 Å². The smallest absolute Gasteiger partial charge is 0.532 e. The molecule has 2 rings (SSSR count). The average molecular weight is 267 g/mol. The Kier molecular flexibility index (Phi) is 3.95. The van der Waals surface area contributed by atoms with Crippen molar-refractivity contribution in [1.29, 1.82) is 0 Å². The van der Waals surface area contributed by atoms with Gasteiger partial charge in [0.1, 0.15) is 5.75 Å². The molecule has 0 heterocycles. The van der Waals surface area contributed by atoms with E-state index in [2.05, 4.69) is 0 Å². The Morgan fingerprint density at radius 2 is 1.29 bits per heavy atom. The van der Waals surface area contributed by atoms with Crippen molar-refractivity contribution >= 4 is 35.8 Å². The molecule has 2 nitrogen and oxygen atoms in total. The summed E-state index contributed by atoms with van der Waals surface area (Å²) in [6.45, 7) is 0. The van der Waals surface area contributed by atoms with E-state index >= 15 is 0 Å². The highest BCUT2D eigenvalue weighted by Crippen LogP contribution is 2.16. The van der Waals surface area contributed by atoms with Crippen LogP contribution in [0.4, 0.5) is 0 Å². The van der Waals surface area contributed by atoms with Crippen LogP contribution in [0.15, 0.2) is 48.5 Å². The molecule has 2 aromatic rings. The van der Waals surface area contributed by atoms with E-state index in [1.165, 1.54) is 0 Å². The van der Waals surface area contributed by atoms with E-state index in [4.69, 9.17) is 27.9 Å². The summed E-state index contributed by atoms with van der Waals surface area (Å²) in [5.41, 5.74) is 0.643. The Bertz CT molecular complexity index is 485. The van der Waals surface area contributed by atoms with Crippen LogP contribution in [0.3, 0.4) is 0 Å². The highest BCUT2D eigenvalue weighted by molar-refractivity contribution is 6.60. The summed E-state index contributed by atoms with van der Waals surface area (Å²) in [4.78, 5) is 0. The van der Waals surface area contributed by atoms with Gasteiger partial charge in [0.2, 0.25) is 0 Å². The van der Waals surface area contributed by atoms with E-state index in [9.17, 15) is 5.02 Å². The molecule has 0 aliphatic carbocycles. The van der Waals surface area contributed by atoms with Gasteiger partial charge in [0.15, 0.2) is 0 Å². The zero-order valence-electron chi connectivity index (χ0n) is 8.81. The fourth-order valence-corrected chi connectivity index (χ4v) is 1.59. The summed E-state index contributed by atoms with van der Waals surface area (Å²) in [7, 11) is -1.02. The Labute approximate surface area is 110 Å². The van der Waals surface area contributed by atoms with Crippen LogP contribution in [0.2, 0.25) is 10.0 Å². The first kappa shape index (κ1) is 12.3. The molecular weight excluding hydrogens is 258 g/mol. The van der Waals surface area contributed by atoms with Crippen molar-refractivity contribution in [3.05, 3.63) is 58.6 Å². The lowest BCUT2D eigenvalue weighted by atomic mass is 9.79. The van der Waals surface area contributed by atoms with Crippen LogP contribution in [0.1, 0.15) is 0 Å². The number of halogens is 2. The standard InChI is InChI=1S/C12H9BCl2O2/c14-10-3-1-9(2-4-10)13(16)17-12-7-5-11(15)6-8-12/h1-8,16H. The van der Waals surface area contributed by atoms with Gasteiger partial charge in [-0.15, -0.1) is 0 Å². The van der Waals surface area contributed by atoms with Crippen molar-refractivity contribution in [2.24, 2.45) is 0 Å². The maximum absolute atomic E-state index is 9.84. The van der Waals surface area contributed by atoms with Gasteiger partial charge >= 0.3 is 7.12 Å². The summed E-state index contributed by atoms with van der Waals surface area (Å²) in [6, 6.07) is 13.6. The zero-order chi connectivity index (χ0) is 12.3. The molecule has 0 fully saturated rings. The van der Waals surface area contributed by atoms with Gasteiger partial charge in [-0.05, 0) is 41.9 Å². The highest BCUT2D eigenvalue weighted by atomic mass is 35.5. The number of rotatable bonds is 3. The number of hydrogen-bond donors (Lipinski definition) is 1. The van der Waals surface area contributed by atoms with Crippen LogP contribution in [0.5, 0.6) is 5.75 Å². The molecule has 0 saturated heterocycles. The topological polar surface area (TPSA) is 29.5 Å². The Hall–Kier alpha value is -1.16. The molecule has 0 aliphatic rings. The number of hydrogen-bond acceptors (Lipinski definition) is 2. The molecule has 1 N–H and O–H groups in total. The molecule has 0 saturated carbocycles. The molecule has 0 bridgehead atoms. The molecule has 0 unspecified atom stereocenters. The molecule has 0 atom stereocenters. The largest absolute Gasteiger partial charge is 0.560 e. The van der Waals surface area contributed by atoms with E-state index in [-0.39, 0.29) is 0 Å². The van der Waals surface area contributed by atoms with Crippen LogP contribution in [0.25, 0.3) is 0 Å². The molecule has 17 heavy (non-hydrogen) atoms. The molecule has 2 aromatic carbocycles. The molecular formula is C12H9BCl2O2. The molecule has 0 radical (unpaired) electrons. The maximum atomic E-state index is 9.84. The summed E-state index contributed by atoms with van der Waals surface area (Å²) in [5.74, 6) is 0.553. The van der Waals surface area contributed by atoms with Gasteiger partial charge in [-0.25, -0.2) is 0 Å². The third kappa shape index (κ3) is 3.40. The van der Waals surface area contributed by atoms with Crippen molar-refractivity contribution in [2.75, 3.05) is 0 Å². The first-order valence-electron chi connectivity index (χ1n) is 5.01. The monoisotopic (exact) mass is 266 g/mol. The molecule has 5 heteroatoms. The predicted octanol–water partition coefficient (Wildman–Crippen LogP) is 2.76. The normalized spacial score (nSPS) is 10.1. The minimum absolute atomic E-state index is 0.553. The lowest BCUT2D eigenvalue weighted by Crippen LogP contribution is -2.36. The molecule has 0 aliphatic heterocycles. The summed E-state index contributed by atoms with van der Waals surface area (Å²) in [5, 5.41) is 11.1. The molecule has 86 valence electrons. The van der Waals surface area contributed by atoms with Crippen LogP contribution >= 0.6 is 23.2 Å². The fraction of sp³-hybridized carbons (Fsp3) is 0. The van der Waals surface area contributed by atoms with Crippen molar-refractivity contribution < 1.29 is 9.68 Å². The molecule has 0 spiro atoms. The quantitative estimate of drug-likeness (QED) is 0.866. The Balaban J connectivity index is 2.08. The second-order valence-electron chi connectivity index (χ2n) is 3.48. The lowest BCUT2D eigenvalue weighted by Gasteiger charge is -2.09. The van der Waals surface area contributed by atoms with E-state index < -0.39 is 7.12 Å². The van der Waals surface area contributed by atoms with E-state index in [1.54, 1.807) is 48.5 Å². The second kappa shape index (κ2) is 5.45. The molecule has 0 amide bonds. The summed E-state index contributed by atoms with van der Waals surface area (Å²) >= 11 is 11.5. The minimum Gasteiger partial charge on any atom is -0.532 e. The Morgan fingerprint density at radius 1 is 0.824 bits per heavy atom. The van der Waals surface area contributed by atoms with E-state index in [0.29, 0.717) is 21.3 Å². The predicted molar refractivity (Wildman–Crippen MR) is 71.1 cm³/mol. The minimum atomic E-state index is -1.02. The third-order valence-corrected chi connectivity index (χ3v) is 2.72. The van der Waals surface area contributed by atoms with Gasteiger partial charge in [-0.3, -0.25) is 0 Å². The van der Waals surface area contributed by atoms with Crippen molar-refractivity contribution in [2.45, 2.75) is 0 Å². The summed E-state index contributed by atoms with van der Waals surface area (Å²) in [6.07, 6.45) is 0. The second-order valence-corrected chi connectivity index (χ2v) is 4.35. The first-order valence-corrected chi connectivity index (χ1v) is 5.76.